The average Bonchev–Trinajstić information content (AvgIpc) is 2.39. The molecule has 1 heterocycles. The molecule has 0 unspecified atom stereocenters. The minimum absolute atomic E-state index is 0.188. The van der Waals surface area contributed by atoms with Crippen molar-refractivity contribution in [3.05, 3.63) is 24.3 Å². The predicted molar refractivity (Wildman–Crippen MR) is 69.3 cm³/mol. The van der Waals surface area contributed by atoms with Crippen molar-refractivity contribution in [1.29, 1.82) is 0 Å². The van der Waals surface area contributed by atoms with E-state index in [9.17, 15) is 18.0 Å². The lowest BCUT2D eigenvalue weighted by Crippen LogP contribution is -2.56. The van der Waals surface area contributed by atoms with Gasteiger partial charge < -0.3 is 14.4 Å². The first-order valence-corrected chi connectivity index (χ1v) is 6.52. The van der Waals surface area contributed by atoms with Crippen molar-refractivity contribution < 1.29 is 27.4 Å². The molecule has 4 nitrogen and oxygen atoms in total. The normalized spacial score (nSPS) is 15.5. The molecule has 1 aromatic rings. The second-order valence-electron chi connectivity index (χ2n) is 4.83. The van der Waals surface area contributed by atoms with Gasteiger partial charge in [0.15, 0.2) is 0 Å². The van der Waals surface area contributed by atoms with Crippen LogP contribution in [0.4, 0.5) is 13.2 Å². The van der Waals surface area contributed by atoms with Gasteiger partial charge in [0.2, 0.25) is 5.91 Å². The third-order valence-corrected chi connectivity index (χ3v) is 3.17. The van der Waals surface area contributed by atoms with Crippen molar-refractivity contribution in [3.63, 3.8) is 0 Å². The number of alkyl halides is 3. The molecule has 0 aromatic heterocycles. The minimum atomic E-state index is -4.29. The molecule has 0 saturated carbocycles. The summed E-state index contributed by atoms with van der Waals surface area (Å²) in [6.07, 6.45) is -6.07. The van der Waals surface area contributed by atoms with E-state index in [0.29, 0.717) is 24.6 Å². The molecule has 0 N–H and O–H groups in total. The first kappa shape index (κ1) is 15.5. The number of benzene rings is 1. The molecule has 0 aliphatic carbocycles. The molecule has 21 heavy (non-hydrogen) atoms. The van der Waals surface area contributed by atoms with Gasteiger partial charge in [-0.2, -0.15) is 13.2 Å². The van der Waals surface area contributed by atoms with Crippen LogP contribution in [0.5, 0.6) is 11.5 Å². The van der Waals surface area contributed by atoms with Gasteiger partial charge in [0.05, 0.1) is 26.6 Å². The molecule has 0 bridgehead atoms. The highest BCUT2D eigenvalue weighted by Gasteiger charge is 2.35. The number of hydrogen-bond donors (Lipinski definition) is 0. The Bertz CT molecular complexity index is 498. The lowest BCUT2D eigenvalue weighted by Gasteiger charge is -2.39. The van der Waals surface area contributed by atoms with E-state index in [1.807, 2.05) is 0 Å². The second-order valence-corrected chi connectivity index (χ2v) is 4.83. The Morgan fingerprint density at radius 3 is 2.62 bits per heavy atom. The van der Waals surface area contributed by atoms with Crippen LogP contribution in [0.2, 0.25) is 0 Å². The maximum absolute atomic E-state index is 12.0. The minimum Gasteiger partial charge on any atom is -0.497 e. The zero-order valence-corrected chi connectivity index (χ0v) is 11.5. The molecule has 0 atom stereocenters. The number of carbonyl (C=O) groups is 1. The number of methoxy groups -OCH3 is 1. The number of halogens is 3. The van der Waals surface area contributed by atoms with Crippen LogP contribution in [0, 0.1) is 0 Å². The largest absolute Gasteiger partial charge is 0.497 e. The molecule has 1 aliphatic heterocycles. The zero-order valence-electron chi connectivity index (χ0n) is 11.5. The number of ether oxygens (including phenoxy) is 2. The van der Waals surface area contributed by atoms with E-state index >= 15 is 0 Å². The molecular weight excluding hydrogens is 287 g/mol. The Labute approximate surface area is 120 Å². The summed E-state index contributed by atoms with van der Waals surface area (Å²) >= 11 is 0. The third-order valence-electron chi connectivity index (χ3n) is 3.17. The summed E-state index contributed by atoms with van der Waals surface area (Å²) in [7, 11) is 1.55. The van der Waals surface area contributed by atoms with Crippen molar-refractivity contribution in [2.75, 3.05) is 20.2 Å². The SMILES string of the molecule is COc1cccc(OC2CN(C(=O)CCC(F)(F)F)C2)c1. The van der Waals surface area contributed by atoms with Crippen LogP contribution in [-0.2, 0) is 4.79 Å². The Kier molecular flexibility index (Phi) is 4.59. The molecule has 1 aromatic carbocycles. The highest BCUT2D eigenvalue weighted by Crippen LogP contribution is 2.25. The highest BCUT2D eigenvalue weighted by molar-refractivity contribution is 5.77. The maximum Gasteiger partial charge on any atom is 0.389 e. The van der Waals surface area contributed by atoms with E-state index < -0.39 is 24.9 Å². The molecule has 1 aliphatic rings. The van der Waals surface area contributed by atoms with E-state index in [4.69, 9.17) is 9.47 Å². The lowest BCUT2D eigenvalue weighted by atomic mass is 10.1. The summed E-state index contributed by atoms with van der Waals surface area (Å²) in [5.41, 5.74) is 0. The number of likely N-dealkylation sites (tertiary alicyclic amines) is 1. The predicted octanol–water partition coefficient (Wildman–Crippen LogP) is 2.63. The van der Waals surface area contributed by atoms with Gasteiger partial charge in [-0.15, -0.1) is 0 Å². The first-order valence-electron chi connectivity index (χ1n) is 6.52. The van der Waals surface area contributed by atoms with Crippen LogP contribution in [0.1, 0.15) is 12.8 Å². The standard InChI is InChI=1S/C14H16F3NO3/c1-20-10-3-2-4-11(7-10)21-12-8-18(9-12)13(19)5-6-14(15,16)17/h2-4,7,12H,5-6,8-9H2,1H3. The zero-order chi connectivity index (χ0) is 15.5. The monoisotopic (exact) mass is 303 g/mol. The molecule has 7 heteroatoms. The number of hydrogen-bond acceptors (Lipinski definition) is 3. The fourth-order valence-corrected chi connectivity index (χ4v) is 1.99. The Morgan fingerprint density at radius 1 is 1.33 bits per heavy atom. The van der Waals surface area contributed by atoms with E-state index in [1.54, 1.807) is 31.4 Å². The number of amides is 1. The molecule has 1 amide bonds. The van der Waals surface area contributed by atoms with E-state index in [2.05, 4.69) is 0 Å². The molecule has 0 radical (unpaired) electrons. The van der Waals surface area contributed by atoms with Crippen LogP contribution in [-0.4, -0.2) is 43.3 Å². The van der Waals surface area contributed by atoms with Gasteiger partial charge in [0.25, 0.3) is 0 Å². The fourth-order valence-electron chi connectivity index (χ4n) is 1.99. The summed E-state index contributed by atoms with van der Waals surface area (Å²) in [5, 5.41) is 0. The van der Waals surface area contributed by atoms with Gasteiger partial charge in [0, 0.05) is 12.5 Å². The van der Waals surface area contributed by atoms with E-state index in [0.717, 1.165) is 0 Å². The van der Waals surface area contributed by atoms with E-state index in [1.165, 1.54) is 4.90 Å². The molecule has 2 rings (SSSR count). The van der Waals surface area contributed by atoms with Crippen LogP contribution < -0.4 is 9.47 Å². The number of carbonyl (C=O) groups excluding carboxylic acids is 1. The fraction of sp³-hybridized carbons (Fsp3) is 0.500. The van der Waals surface area contributed by atoms with Crippen LogP contribution in [0.25, 0.3) is 0 Å². The van der Waals surface area contributed by atoms with Crippen molar-refractivity contribution in [2.24, 2.45) is 0 Å². The van der Waals surface area contributed by atoms with Gasteiger partial charge in [-0.3, -0.25) is 4.79 Å². The summed E-state index contributed by atoms with van der Waals surface area (Å²) < 4.78 is 46.8. The molecular formula is C14H16F3NO3. The molecule has 0 spiro atoms. The van der Waals surface area contributed by atoms with Crippen molar-refractivity contribution in [3.8, 4) is 11.5 Å². The first-order chi connectivity index (χ1) is 9.87. The van der Waals surface area contributed by atoms with Crippen LogP contribution in [0.3, 0.4) is 0 Å². The lowest BCUT2D eigenvalue weighted by molar-refractivity contribution is -0.154. The summed E-state index contributed by atoms with van der Waals surface area (Å²) in [5.74, 6) is 0.782. The Hall–Kier alpha value is -1.92. The van der Waals surface area contributed by atoms with Crippen molar-refractivity contribution in [2.45, 2.75) is 25.1 Å². The summed E-state index contributed by atoms with van der Waals surface area (Å²) in [4.78, 5) is 12.9. The van der Waals surface area contributed by atoms with Crippen molar-refractivity contribution in [1.82, 2.24) is 4.90 Å². The van der Waals surface area contributed by atoms with Gasteiger partial charge in [-0.05, 0) is 12.1 Å². The van der Waals surface area contributed by atoms with Gasteiger partial charge in [-0.25, -0.2) is 0 Å². The van der Waals surface area contributed by atoms with Gasteiger partial charge >= 0.3 is 6.18 Å². The quantitative estimate of drug-likeness (QED) is 0.839. The second kappa shape index (κ2) is 6.24. The Morgan fingerprint density at radius 2 is 2.00 bits per heavy atom. The Balaban J connectivity index is 1.75. The van der Waals surface area contributed by atoms with Crippen LogP contribution in [0.15, 0.2) is 24.3 Å². The molecule has 1 saturated heterocycles. The number of rotatable bonds is 5. The van der Waals surface area contributed by atoms with E-state index in [-0.39, 0.29) is 6.10 Å². The summed E-state index contributed by atoms with van der Waals surface area (Å²) in [6.45, 7) is 0.627. The van der Waals surface area contributed by atoms with Gasteiger partial charge in [-0.1, -0.05) is 6.07 Å². The summed E-state index contributed by atoms with van der Waals surface area (Å²) in [6, 6.07) is 7.03. The van der Waals surface area contributed by atoms with Crippen LogP contribution >= 0.6 is 0 Å². The topological polar surface area (TPSA) is 38.8 Å². The smallest absolute Gasteiger partial charge is 0.389 e. The molecule has 1 fully saturated rings. The highest BCUT2D eigenvalue weighted by atomic mass is 19.4. The maximum atomic E-state index is 12.0. The third kappa shape index (κ3) is 4.54. The number of nitrogens with zero attached hydrogens (tertiary/aromatic N) is 1. The van der Waals surface area contributed by atoms with Gasteiger partial charge in [0.1, 0.15) is 17.6 Å². The van der Waals surface area contributed by atoms with Crippen molar-refractivity contribution >= 4 is 5.91 Å². The molecule has 116 valence electrons. The average molecular weight is 303 g/mol.